The first kappa shape index (κ1) is 9.93. The number of phenols is 1. The maximum absolute atomic E-state index is 9.67. The molecule has 0 atom stereocenters. The van der Waals surface area contributed by atoms with E-state index < -0.39 is 0 Å². The Hall–Kier alpha value is -0.150. The van der Waals surface area contributed by atoms with Gasteiger partial charge in [0.1, 0.15) is 5.75 Å². The Bertz CT molecular complexity index is 263. The van der Waals surface area contributed by atoms with E-state index in [1.165, 1.54) is 0 Å². The van der Waals surface area contributed by atoms with Gasteiger partial charge in [-0.1, -0.05) is 35.0 Å². The van der Waals surface area contributed by atoms with Gasteiger partial charge in [0.15, 0.2) is 0 Å². The molecular formula is C9H11BrOS. The third kappa shape index (κ3) is 2.17. The van der Waals surface area contributed by atoms with Crippen molar-refractivity contribution < 1.29 is 5.11 Å². The number of thioether (sulfide) groups is 1. The fraction of sp³-hybridized carbons (Fsp3) is 0.333. The van der Waals surface area contributed by atoms with Gasteiger partial charge in [-0.15, -0.1) is 11.8 Å². The van der Waals surface area contributed by atoms with Crippen LogP contribution in [0.25, 0.3) is 0 Å². The summed E-state index contributed by atoms with van der Waals surface area (Å²) in [7, 11) is 0. The predicted molar refractivity (Wildman–Crippen MR) is 57.1 cm³/mol. The number of para-hydroxylation sites is 1. The zero-order valence-corrected chi connectivity index (χ0v) is 9.28. The molecule has 66 valence electrons. The highest BCUT2D eigenvalue weighted by molar-refractivity contribution is 9.08. The van der Waals surface area contributed by atoms with Crippen LogP contribution in [0.15, 0.2) is 23.1 Å². The van der Waals surface area contributed by atoms with Crippen LogP contribution in [-0.2, 0) is 5.33 Å². The molecule has 1 N–H and O–H groups in total. The molecule has 0 amide bonds. The van der Waals surface area contributed by atoms with Gasteiger partial charge in [-0.25, -0.2) is 0 Å². The monoisotopic (exact) mass is 246 g/mol. The Labute approximate surface area is 85.3 Å². The quantitative estimate of drug-likeness (QED) is 0.652. The number of hydrogen-bond donors (Lipinski definition) is 1. The summed E-state index contributed by atoms with van der Waals surface area (Å²) in [6, 6.07) is 5.83. The minimum atomic E-state index is 0.418. The van der Waals surface area contributed by atoms with Crippen molar-refractivity contribution >= 4 is 27.7 Å². The number of benzene rings is 1. The van der Waals surface area contributed by atoms with Gasteiger partial charge in [-0.05, 0) is 11.8 Å². The van der Waals surface area contributed by atoms with E-state index in [9.17, 15) is 5.11 Å². The van der Waals surface area contributed by atoms with E-state index in [1.54, 1.807) is 11.8 Å². The second kappa shape index (κ2) is 4.77. The van der Waals surface area contributed by atoms with E-state index in [-0.39, 0.29) is 0 Å². The molecule has 1 rings (SSSR count). The van der Waals surface area contributed by atoms with Crippen LogP contribution in [0.3, 0.4) is 0 Å². The van der Waals surface area contributed by atoms with Crippen LogP contribution in [0.1, 0.15) is 12.5 Å². The lowest BCUT2D eigenvalue weighted by Gasteiger charge is -2.05. The van der Waals surface area contributed by atoms with Crippen molar-refractivity contribution in [2.75, 3.05) is 5.75 Å². The largest absolute Gasteiger partial charge is 0.506 e. The topological polar surface area (TPSA) is 20.2 Å². The molecule has 12 heavy (non-hydrogen) atoms. The van der Waals surface area contributed by atoms with Gasteiger partial charge in [0.2, 0.25) is 0 Å². The predicted octanol–water partition coefficient (Wildman–Crippen LogP) is 3.40. The Morgan fingerprint density at radius 2 is 2.25 bits per heavy atom. The van der Waals surface area contributed by atoms with E-state index >= 15 is 0 Å². The standard InChI is InChI=1S/C9H11BrOS/c1-2-12-8-5-3-4-7(6-10)9(8)11/h3-5,11H,2,6H2,1H3. The minimum Gasteiger partial charge on any atom is -0.506 e. The molecule has 0 unspecified atom stereocenters. The molecular weight excluding hydrogens is 236 g/mol. The van der Waals surface area contributed by atoms with Crippen LogP contribution in [0.5, 0.6) is 5.75 Å². The molecule has 0 heterocycles. The molecule has 0 aliphatic heterocycles. The van der Waals surface area contributed by atoms with Gasteiger partial charge in [0.25, 0.3) is 0 Å². The Kier molecular flexibility index (Phi) is 3.95. The molecule has 0 saturated heterocycles. The smallest absolute Gasteiger partial charge is 0.133 e. The van der Waals surface area contributed by atoms with Crippen LogP contribution in [0.4, 0.5) is 0 Å². The van der Waals surface area contributed by atoms with E-state index in [1.807, 2.05) is 18.2 Å². The van der Waals surface area contributed by atoms with Gasteiger partial charge in [-0.2, -0.15) is 0 Å². The van der Waals surface area contributed by atoms with Gasteiger partial charge < -0.3 is 5.11 Å². The van der Waals surface area contributed by atoms with Gasteiger partial charge >= 0.3 is 0 Å². The molecule has 0 aromatic heterocycles. The summed E-state index contributed by atoms with van der Waals surface area (Å²) in [6.07, 6.45) is 0. The number of alkyl halides is 1. The number of phenolic OH excluding ortho intramolecular Hbond substituents is 1. The second-order valence-corrected chi connectivity index (χ2v) is 4.20. The summed E-state index contributed by atoms with van der Waals surface area (Å²) in [5.41, 5.74) is 0.952. The van der Waals surface area contributed by atoms with E-state index in [0.717, 1.165) is 16.2 Å². The van der Waals surface area contributed by atoms with Crippen molar-refractivity contribution in [3.05, 3.63) is 23.8 Å². The maximum Gasteiger partial charge on any atom is 0.133 e. The van der Waals surface area contributed by atoms with Crippen molar-refractivity contribution in [1.29, 1.82) is 0 Å². The molecule has 3 heteroatoms. The molecule has 0 fully saturated rings. The summed E-state index contributed by atoms with van der Waals surface area (Å²) < 4.78 is 0. The first-order chi connectivity index (χ1) is 5.79. The molecule has 1 nitrogen and oxygen atoms in total. The Morgan fingerprint density at radius 1 is 1.50 bits per heavy atom. The summed E-state index contributed by atoms with van der Waals surface area (Å²) in [5.74, 6) is 1.40. The molecule has 0 aliphatic carbocycles. The zero-order valence-electron chi connectivity index (χ0n) is 6.88. The Morgan fingerprint density at radius 3 is 2.83 bits per heavy atom. The normalized spacial score (nSPS) is 10.2. The molecule has 0 spiro atoms. The molecule has 0 aliphatic rings. The van der Waals surface area contributed by atoms with Crippen molar-refractivity contribution in [3.8, 4) is 5.75 Å². The number of aromatic hydroxyl groups is 1. The summed E-state index contributed by atoms with van der Waals surface area (Å²) in [4.78, 5) is 0.967. The number of halogens is 1. The van der Waals surface area contributed by atoms with Crippen molar-refractivity contribution in [3.63, 3.8) is 0 Å². The lowest BCUT2D eigenvalue weighted by molar-refractivity contribution is 0.458. The van der Waals surface area contributed by atoms with Crippen LogP contribution in [0.2, 0.25) is 0 Å². The van der Waals surface area contributed by atoms with Crippen LogP contribution < -0.4 is 0 Å². The second-order valence-electron chi connectivity index (χ2n) is 2.33. The SMILES string of the molecule is CCSc1cccc(CBr)c1O. The van der Waals surface area contributed by atoms with E-state index in [4.69, 9.17) is 0 Å². The lowest BCUT2D eigenvalue weighted by Crippen LogP contribution is -1.82. The third-order valence-electron chi connectivity index (χ3n) is 1.53. The molecule has 0 bridgehead atoms. The fourth-order valence-corrected chi connectivity index (χ4v) is 2.15. The van der Waals surface area contributed by atoms with Gasteiger partial charge in [-0.3, -0.25) is 0 Å². The summed E-state index contributed by atoms with van der Waals surface area (Å²) in [5, 5.41) is 10.4. The molecule has 1 aromatic carbocycles. The first-order valence-electron chi connectivity index (χ1n) is 3.79. The van der Waals surface area contributed by atoms with E-state index in [2.05, 4.69) is 22.9 Å². The third-order valence-corrected chi connectivity index (χ3v) is 3.06. The average Bonchev–Trinajstić information content (AvgIpc) is 2.09. The van der Waals surface area contributed by atoms with Gasteiger partial charge in [0, 0.05) is 15.8 Å². The van der Waals surface area contributed by atoms with Gasteiger partial charge in [0.05, 0.1) is 0 Å². The highest BCUT2D eigenvalue weighted by Gasteiger charge is 2.04. The first-order valence-corrected chi connectivity index (χ1v) is 5.90. The molecule has 0 saturated carbocycles. The van der Waals surface area contributed by atoms with Crippen molar-refractivity contribution in [2.45, 2.75) is 17.1 Å². The number of rotatable bonds is 3. The summed E-state index contributed by atoms with van der Waals surface area (Å²) in [6.45, 7) is 2.07. The highest BCUT2D eigenvalue weighted by atomic mass is 79.9. The minimum absolute atomic E-state index is 0.418. The Balaban J connectivity index is 2.97. The average molecular weight is 247 g/mol. The fourth-order valence-electron chi connectivity index (χ4n) is 0.948. The van der Waals surface area contributed by atoms with Crippen molar-refractivity contribution in [1.82, 2.24) is 0 Å². The maximum atomic E-state index is 9.67. The highest BCUT2D eigenvalue weighted by Crippen LogP contribution is 2.32. The van der Waals surface area contributed by atoms with Crippen LogP contribution >= 0.6 is 27.7 Å². The number of hydrogen-bond acceptors (Lipinski definition) is 2. The molecule has 0 radical (unpaired) electrons. The zero-order chi connectivity index (χ0) is 8.97. The van der Waals surface area contributed by atoms with Crippen molar-refractivity contribution in [2.24, 2.45) is 0 Å². The van der Waals surface area contributed by atoms with Crippen LogP contribution in [0, 0.1) is 0 Å². The lowest BCUT2D eigenvalue weighted by atomic mass is 10.2. The summed E-state index contributed by atoms with van der Waals surface area (Å²) >= 11 is 4.98. The van der Waals surface area contributed by atoms with Crippen LogP contribution in [-0.4, -0.2) is 10.9 Å². The van der Waals surface area contributed by atoms with E-state index in [0.29, 0.717) is 11.1 Å². The molecule has 1 aromatic rings.